The van der Waals surface area contributed by atoms with E-state index in [0.29, 0.717) is 10.7 Å². The Bertz CT molecular complexity index is 324. The molecule has 0 spiro atoms. The Labute approximate surface area is 81.1 Å². The van der Waals surface area contributed by atoms with E-state index in [1.54, 1.807) is 20.9 Å². The molecule has 0 aliphatic heterocycles. The zero-order valence-corrected chi connectivity index (χ0v) is 8.46. The fraction of sp³-hybridized carbons (Fsp3) is 0.500. The molecule has 13 heavy (non-hydrogen) atoms. The lowest BCUT2D eigenvalue weighted by molar-refractivity contribution is -0.142. The minimum atomic E-state index is -1.01. The highest BCUT2D eigenvalue weighted by Crippen LogP contribution is 2.29. The Hall–Kier alpha value is -1.03. The molecule has 0 atom stereocenters. The molecular formula is C8H11ClN2O2. The summed E-state index contributed by atoms with van der Waals surface area (Å²) in [6.07, 6.45) is 1.45. The van der Waals surface area contributed by atoms with Crippen LogP contribution in [-0.4, -0.2) is 20.9 Å². The molecule has 0 fully saturated rings. The van der Waals surface area contributed by atoms with Crippen molar-refractivity contribution in [2.75, 3.05) is 0 Å². The Morgan fingerprint density at radius 2 is 2.23 bits per heavy atom. The topological polar surface area (TPSA) is 55.1 Å². The van der Waals surface area contributed by atoms with Gasteiger partial charge in [0.15, 0.2) is 0 Å². The molecule has 1 N–H and O–H groups in total. The Kier molecular flexibility index (Phi) is 2.34. The van der Waals surface area contributed by atoms with Gasteiger partial charge in [0.2, 0.25) is 0 Å². The predicted molar refractivity (Wildman–Crippen MR) is 48.9 cm³/mol. The third-order valence-electron chi connectivity index (χ3n) is 2.02. The molecule has 0 saturated carbocycles. The maximum atomic E-state index is 10.9. The number of carboxylic acids is 1. The maximum absolute atomic E-state index is 10.9. The van der Waals surface area contributed by atoms with Crippen LogP contribution in [0.5, 0.6) is 0 Å². The van der Waals surface area contributed by atoms with Crippen LogP contribution in [0, 0.1) is 0 Å². The van der Waals surface area contributed by atoms with Gasteiger partial charge in [-0.2, -0.15) is 5.10 Å². The van der Waals surface area contributed by atoms with Gasteiger partial charge in [-0.3, -0.25) is 9.48 Å². The van der Waals surface area contributed by atoms with Crippen LogP contribution in [-0.2, 0) is 17.3 Å². The minimum Gasteiger partial charge on any atom is -0.481 e. The van der Waals surface area contributed by atoms with Gasteiger partial charge in [0.1, 0.15) is 5.41 Å². The molecule has 5 heteroatoms. The van der Waals surface area contributed by atoms with Crippen LogP contribution in [0.2, 0.25) is 5.02 Å². The Morgan fingerprint density at radius 1 is 1.69 bits per heavy atom. The smallest absolute Gasteiger partial charge is 0.315 e. The summed E-state index contributed by atoms with van der Waals surface area (Å²) in [7, 11) is 1.67. The van der Waals surface area contributed by atoms with Crippen molar-refractivity contribution in [3.05, 3.63) is 16.9 Å². The van der Waals surface area contributed by atoms with Crippen molar-refractivity contribution in [2.24, 2.45) is 7.05 Å². The molecule has 1 rings (SSSR count). The normalized spacial score (nSPS) is 11.7. The van der Waals surface area contributed by atoms with Crippen molar-refractivity contribution < 1.29 is 9.90 Å². The average Bonchev–Trinajstić information content (AvgIpc) is 2.30. The molecule has 1 heterocycles. The summed E-state index contributed by atoms with van der Waals surface area (Å²) < 4.78 is 1.48. The van der Waals surface area contributed by atoms with Crippen molar-refractivity contribution in [3.8, 4) is 0 Å². The molecule has 0 unspecified atom stereocenters. The van der Waals surface area contributed by atoms with E-state index in [9.17, 15) is 4.79 Å². The quantitative estimate of drug-likeness (QED) is 0.790. The molecule has 0 amide bonds. The molecule has 1 aromatic rings. The van der Waals surface area contributed by atoms with E-state index in [2.05, 4.69) is 5.10 Å². The van der Waals surface area contributed by atoms with Crippen molar-refractivity contribution in [3.63, 3.8) is 0 Å². The lowest BCUT2D eigenvalue weighted by atomic mass is 9.89. The van der Waals surface area contributed by atoms with E-state index in [1.165, 1.54) is 10.9 Å². The molecular weight excluding hydrogens is 192 g/mol. The highest BCUT2D eigenvalue weighted by atomic mass is 35.5. The summed E-state index contributed by atoms with van der Waals surface area (Å²) in [5.74, 6) is -0.919. The first-order valence-corrected chi connectivity index (χ1v) is 4.16. The lowest BCUT2D eigenvalue weighted by Crippen LogP contribution is -2.31. The summed E-state index contributed by atoms with van der Waals surface area (Å²) in [5, 5.41) is 13.2. The van der Waals surface area contributed by atoms with Gasteiger partial charge in [-0.25, -0.2) is 0 Å². The minimum absolute atomic E-state index is 0.384. The molecule has 4 nitrogen and oxygen atoms in total. The second-order valence-corrected chi connectivity index (χ2v) is 3.80. The highest BCUT2D eigenvalue weighted by Gasteiger charge is 2.34. The van der Waals surface area contributed by atoms with Crippen LogP contribution in [0.3, 0.4) is 0 Å². The van der Waals surface area contributed by atoms with Crippen molar-refractivity contribution >= 4 is 17.6 Å². The Balaban J connectivity index is 3.28. The van der Waals surface area contributed by atoms with Gasteiger partial charge in [-0.15, -0.1) is 0 Å². The van der Waals surface area contributed by atoms with Gasteiger partial charge in [-0.1, -0.05) is 11.6 Å². The van der Waals surface area contributed by atoms with Crippen LogP contribution in [0.25, 0.3) is 0 Å². The van der Waals surface area contributed by atoms with E-state index in [0.717, 1.165) is 0 Å². The van der Waals surface area contributed by atoms with Gasteiger partial charge in [0.05, 0.1) is 16.9 Å². The molecule has 0 saturated heterocycles. The van der Waals surface area contributed by atoms with Crippen LogP contribution in [0.15, 0.2) is 6.20 Å². The van der Waals surface area contributed by atoms with E-state index < -0.39 is 11.4 Å². The molecule has 1 aromatic heterocycles. The largest absolute Gasteiger partial charge is 0.481 e. The van der Waals surface area contributed by atoms with Crippen LogP contribution >= 0.6 is 11.6 Å². The molecule has 0 bridgehead atoms. The van der Waals surface area contributed by atoms with Gasteiger partial charge in [0, 0.05) is 7.05 Å². The summed E-state index contributed by atoms with van der Waals surface area (Å²) in [5.41, 5.74) is -0.496. The second kappa shape index (κ2) is 3.03. The zero-order valence-electron chi connectivity index (χ0n) is 7.71. The SMILES string of the molecule is Cn1ncc(Cl)c1C(C)(C)C(=O)O. The number of aryl methyl sites for hydroxylation is 1. The molecule has 0 radical (unpaired) electrons. The van der Waals surface area contributed by atoms with Gasteiger partial charge in [-0.05, 0) is 13.8 Å². The van der Waals surface area contributed by atoms with Crippen LogP contribution < -0.4 is 0 Å². The molecule has 72 valence electrons. The number of aliphatic carboxylic acids is 1. The number of nitrogens with zero attached hydrogens (tertiary/aromatic N) is 2. The summed E-state index contributed by atoms with van der Waals surface area (Å²) in [4.78, 5) is 10.9. The maximum Gasteiger partial charge on any atom is 0.315 e. The third kappa shape index (κ3) is 1.54. The summed E-state index contributed by atoms with van der Waals surface area (Å²) in [6.45, 7) is 3.19. The molecule has 0 aliphatic carbocycles. The number of rotatable bonds is 2. The van der Waals surface area contributed by atoms with Gasteiger partial charge in [0.25, 0.3) is 0 Å². The monoisotopic (exact) mass is 202 g/mol. The molecule has 0 aromatic carbocycles. The third-order valence-corrected chi connectivity index (χ3v) is 2.30. The van der Waals surface area contributed by atoms with E-state index in [-0.39, 0.29) is 0 Å². The number of carbonyl (C=O) groups is 1. The number of carboxylic acid groups (broad SMARTS) is 1. The number of hydrogen-bond acceptors (Lipinski definition) is 2. The summed E-state index contributed by atoms with van der Waals surface area (Å²) in [6, 6.07) is 0. The summed E-state index contributed by atoms with van der Waals surface area (Å²) >= 11 is 5.83. The Morgan fingerprint density at radius 3 is 2.54 bits per heavy atom. The van der Waals surface area contributed by atoms with Crippen LogP contribution in [0.4, 0.5) is 0 Å². The molecule has 0 aliphatic rings. The van der Waals surface area contributed by atoms with Gasteiger partial charge >= 0.3 is 5.97 Å². The van der Waals surface area contributed by atoms with Crippen molar-refractivity contribution in [2.45, 2.75) is 19.3 Å². The predicted octanol–water partition coefficient (Wildman–Crippen LogP) is 1.44. The van der Waals surface area contributed by atoms with Crippen LogP contribution in [0.1, 0.15) is 19.5 Å². The van der Waals surface area contributed by atoms with E-state index >= 15 is 0 Å². The average molecular weight is 203 g/mol. The highest BCUT2D eigenvalue weighted by molar-refractivity contribution is 6.31. The second-order valence-electron chi connectivity index (χ2n) is 3.39. The fourth-order valence-electron chi connectivity index (χ4n) is 1.22. The van der Waals surface area contributed by atoms with E-state index in [4.69, 9.17) is 16.7 Å². The fourth-order valence-corrected chi connectivity index (χ4v) is 1.62. The van der Waals surface area contributed by atoms with Gasteiger partial charge < -0.3 is 5.11 Å². The standard InChI is InChI=1S/C8H11ClN2O2/c1-8(2,7(12)13)6-5(9)4-10-11(6)3/h4H,1-3H3,(H,12,13). The first kappa shape index (κ1) is 10.1. The van der Waals surface area contributed by atoms with E-state index in [1.807, 2.05) is 0 Å². The van der Waals surface area contributed by atoms with Crippen molar-refractivity contribution in [1.82, 2.24) is 9.78 Å². The number of hydrogen-bond donors (Lipinski definition) is 1. The first-order chi connectivity index (χ1) is 5.87. The number of halogens is 1. The zero-order chi connectivity index (χ0) is 10.2. The number of aromatic nitrogens is 2. The van der Waals surface area contributed by atoms with Crippen molar-refractivity contribution in [1.29, 1.82) is 0 Å². The first-order valence-electron chi connectivity index (χ1n) is 3.78. The lowest BCUT2D eigenvalue weighted by Gasteiger charge is -2.19.